The van der Waals surface area contributed by atoms with Crippen LogP contribution in [0.4, 0.5) is 13.2 Å². The Hall–Kier alpha value is -0.420. The lowest BCUT2D eigenvalue weighted by Crippen LogP contribution is -2.17. The van der Waals surface area contributed by atoms with Gasteiger partial charge in [-0.3, -0.25) is 0 Å². The number of rotatable bonds is 4. The van der Waals surface area contributed by atoms with Crippen molar-refractivity contribution >= 4 is 27.5 Å². The molecule has 0 spiro atoms. The van der Waals surface area contributed by atoms with E-state index in [-0.39, 0.29) is 5.75 Å². The molecule has 1 aromatic carbocycles. The summed E-state index contributed by atoms with van der Waals surface area (Å²) in [6, 6.07) is 4.39. The molecule has 0 radical (unpaired) electrons. The Balaban J connectivity index is 2.81. The van der Waals surface area contributed by atoms with Crippen LogP contribution in [0.5, 0.6) is 5.75 Å². The number of aryl methyl sites for hydroxylation is 1. The summed E-state index contributed by atoms with van der Waals surface area (Å²) >= 11 is 8.65. The maximum Gasteiger partial charge on any atom is 0.573 e. The zero-order valence-corrected chi connectivity index (χ0v) is 10.5. The highest BCUT2D eigenvalue weighted by Gasteiger charge is 2.31. The van der Waals surface area contributed by atoms with Crippen molar-refractivity contribution in [1.82, 2.24) is 0 Å². The van der Waals surface area contributed by atoms with Crippen LogP contribution in [0.2, 0.25) is 0 Å². The second kappa shape index (κ2) is 5.77. The van der Waals surface area contributed by atoms with Gasteiger partial charge in [-0.2, -0.15) is 0 Å². The maximum atomic E-state index is 12.0. The first-order chi connectivity index (χ1) is 7.40. The van der Waals surface area contributed by atoms with Gasteiger partial charge in [0.1, 0.15) is 5.75 Å². The molecular weight excluding hydrogens is 308 g/mol. The Morgan fingerprint density at radius 2 is 1.94 bits per heavy atom. The van der Waals surface area contributed by atoms with Crippen LogP contribution < -0.4 is 4.74 Å². The minimum absolute atomic E-state index is 0.216. The minimum atomic E-state index is -4.66. The third kappa shape index (κ3) is 5.07. The first kappa shape index (κ1) is 13.6. The molecule has 0 amide bonds. The second-order valence-corrected chi connectivity index (χ2v) is 4.43. The Morgan fingerprint density at radius 3 is 2.50 bits per heavy atom. The number of halogens is 5. The lowest BCUT2D eigenvalue weighted by Gasteiger charge is -2.10. The highest BCUT2D eigenvalue weighted by molar-refractivity contribution is 9.10. The van der Waals surface area contributed by atoms with Gasteiger partial charge in [0.15, 0.2) is 0 Å². The quantitative estimate of drug-likeness (QED) is 0.742. The molecule has 0 aliphatic heterocycles. The van der Waals surface area contributed by atoms with Crippen LogP contribution >= 0.6 is 27.5 Å². The fourth-order valence-electron chi connectivity index (χ4n) is 1.23. The Labute approximate surface area is 105 Å². The van der Waals surface area contributed by atoms with Crippen molar-refractivity contribution in [3.8, 4) is 5.75 Å². The molecule has 6 heteroatoms. The zero-order chi connectivity index (χ0) is 12.2. The normalized spacial score (nSPS) is 11.6. The first-order valence-electron chi connectivity index (χ1n) is 4.52. The summed E-state index contributed by atoms with van der Waals surface area (Å²) in [6.45, 7) is 0. The molecule has 90 valence electrons. The fourth-order valence-corrected chi connectivity index (χ4v) is 1.88. The van der Waals surface area contributed by atoms with Crippen LogP contribution in [0.3, 0.4) is 0 Å². The van der Waals surface area contributed by atoms with Crippen molar-refractivity contribution in [1.29, 1.82) is 0 Å². The molecule has 0 unspecified atom stereocenters. The molecule has 0 saturated carbocycles. The smallest absolute Gasteiger partial charge is 0.406 e. The van der Waals surface area contributed by atoms with E-state index in [4.69, 9.17) is 11.6 Å². The lowest BCUT2D eigenvalue weighted by molar-refractivity contribution is -0.274. The number of ether oxygens (including phenoxy) is 1. The molecule has 1 rings (SSSR count). The molecule has 0 fully saturated rings. The molecule has 1 aromatic rings. The number of alkyl halides is 4. The predicted molar refractivity (Wildman–Crippen MR) is 59.9 cm³/mol. The molecule has 16 heavy (non-hydrogen) atoms. The maximum absolute atomic E-state index is 12.0. The molecule has 0 atom stereocenters. The Morgan fingerprint density at radius 1 is 1.25 bits per heavy atom. The van der Waals surface area contributed by atoms with E-state index in [1.54, 1.807) is 6.07 Å². The van der Waals surface area contributed by atoms with Gasteiger partial charge in [-0.15, -0.1) is 24.8 Å². The van der Waals surface area contributed by atoms with Gasteiger partial charge in [0, 0.05) is 10.4 Å². The van der Waals surface area contributed by atoms with Crippen LogP contribution in [0.25, 0.3) is 0 Å². The van der Waals surface area contributed by atoms with E-state index in [0.717, 1.165) is 5.56 Å². The summed E-state index contributed by atoms with van der Waals surface area (Å²) in [5.74, 6) is 0.258. The van der Waals surface area contributed by atoms with E-state index in [2.05, 4.69) is 20.7 Å². The highest BCUT2D eigenvalue weighted by atomic mass is 79.9. The van der Waals surface area contributed by atoms with Crippen molar-refractivity contribution in [2.24, 2.45) is 0 Å². The topological polar surface area (TPSA) is 9.23 Å². The SMILES string of the molecule is FC(F)(F)Oc1cc(Br)cc(CCCCl)c1. The van der Waals surface area contributed by atoms with Crippen molar-refractivity contribution < 1.29 is 17.9 Å². The molecular formula is C10H9BrClF3O. The first-order valence-corrected chi connectivity index (χ1v) is 5.84. The van der Waals surface area contributed by atoms with E-state index in [1.807, 2.05) is 0 Å². The van der Waals surface area contributed by atoms with Crippen LogP contribution in [-0.4, -0.2) is 12.2 Å². The molecule has 1 nitrogen and oxygen atoms in total. The predicted octanol–water partition coefficient (Wildman–Crippen LogP) is 4.52. The number of benzene rings is 1. The van der Waals surface area contributed by atoms with Crippen LogP contribution in [0.15, 0.2) is 22.7 Å². The van der Waals surface area contributed by atoms with E-state index in [0.29, 0.717) is 23.2 Å². The molecule has 0 aromatic heterocycles. The van der Waals surface area contributed by atoms with Crippen LogP contribution in [0.1, 0.15) is 12.0 Å². The average molecular weight is 318 g/mol. The van der Waals surface area contributed by atoms with Gasteiger partial charge in [-0.05, 0) is 36.6 Å². The zero-order valence-electron chi connectivity index (χ0n) is 8.15. The summed E-state index contributed by atoms with van der Waals surface area (Å²) in [4.78, 5) is 0. The fraction of sp³-hybridized carbons (Fsp3) is 0.400. The third-order valence-electron chi connectivity index (χ3n) is 1.76. The summed E-state index contributed by atoms with van der Waals surface area (Å²) < 4.78 is 40.4. The van der Waals surface area contributed by atoms with Gasteiger partial charge in [0.05, 0.1) is 0 Å². The lowest BCUT2D eigenvalue weighted by atomic mass is 10.1. The summed E-state index contributed by atoms with van der Waals surface area (Å²) in [7, 11) is 0. The van der Waals surface area contributed by atoms with Gasteiger partial charge in [0.25, 0.3) is 0 Å². The second-order valence-electron chi connectivity index (χ2n) is 3.14. The monoisotopic (exact) mass is 316 g/mol. The molecule has 0 aliphatic carbocycles. The van der Waals surface area contributed by atoms with Crippen LogP contribution in [-0.2, 0) is 6.42 Å². The van der Waals surface area contributed by atoms with E-state index in [9.17, 15) is 13.2 Å². The van der Waals surface area contributed by atoms with Crippen molar-refractivity contribution in [3.05, 3.63) is 28.2 Å². The van der Waals surface area contributed by atoms with Crippen molar-refractivity contribution in [2.75, 3.05) is 5.88 Å². The molecule has 0 saturated heterocycles. The standard InChI is InChI=1S/C10H9BrClF3O/c11-8-4-7(2-1-3-12)5-9(6-8)16-10(13,14)15/h4-6H,1-3H2. The molecule has 0 N–H and O–H groups in total. The van der Waals surface area contributed by atoms with Gasteiger partial charge in [-0.25, -0.2) is 0 Å². The van der Waals surface area contributed by atoms with E-state index in [1.165, 1.54) is 12.1 Å². The molecule has 0 bridgehead atoms. The van der Waals surface area contributed by atoms with Gasteiger partial charge in [-0.1, -0.05) is 15.9 Å². The van der Waals surface area contributed by atoms with Crippen molar-refractivity contribution in [3.63, 3.8) is 0 Å². The largest absolute Gasteiger partial charge is 0.573 e. The Kier molecular flexibility index (Phi) is 4.92. The van der Waals surface area contributed by atoms with Gasteiger partial charge in [0.2, 0.25) is 0 Å². The van der Waals surface area contributed by atoms with E-state index >= 15 is 0 Å². The summed E-state index contributed by atoms with van der Waals surface area (Å²) in [5, 5.41) is 0. The number of hydrogen-bond donors (Lipinski definition) is 0. The summed E-state index contributed by atoms with van der Waals surface area (Å²) in [5.41, 5.74) is 0.759. The number of hydrogen-bond acceptors (Lipinski definition) is 1. The van der Waals surface area contributed by atoms with Gasteiger partial charge < -0.3 is 4.74 Å². The Bertz CT molecular complexity index is 354. The van der Waals surface area contributed by atoms with Crippen molar-refractivity contribution in [2.45, 2.75) is 19.2 Å². The molecule has 0 aliphatic rings. The summed E-state index contributed by atoms with van der Waals surface area (Å²) in [6.07, 6.45) is -3.33. The average Bonchev–Trinajstić information content (AvgIpc) is 2.10. The third-order valence-corrected chi connectivity index (χ3v) is 2.49. The minimum Gasteiger partial charge on any atom is -0.406 e. The van der Waals surface area contributed by atoms with Crippen LogP contribution in [0, 0.1) is 0 Å². The highest BCUT2D eigenvalue weighted by Crippen LogP contribution is 2.27. The van der Waals surface area contributed by atoms with Gasteiger partial charge >= 0.3 is 6.36 Å². The molecule has 0 heterocycles. The van der Waals surface area contributed by atoms with E-state index < -0.39 is 6.36 Å².